The predicted octanol–water partition coefficient (Wildman–Crippen LogP) is 5.29. The zero-order chi connectivity index (χ0) is 25.6. The standard InChI is InChI=1S/C26H24F3N7/c1-16(2)19-6-4-5-7-20(19)23-31-14-21-24(32-23)35(25(30)34(21)3)15-17-8-10-18(11-9-17)36-13-12-22(33-36)26(27,28)29/h4-14,16,30H,15H2,1-3H3. The van der Waals surface area contributed by atoms with Crippen molar-refractivity contribution >= 4 is 11.2 Å². The summed E-state index contributed by atoms with van der Waals surface area (Å²) in [7, 11) is 1.80. The highest BCUT2D eigenvalue weighted by atomic mass is 19.4. The van der Waals surface area contributed by atoms with Gasteiger partial charge in [0.2, 0.25) is 5.62 Å². The summed E-state index contributed by atoms with van der Waals surface area (Å²) in [6, 6.07) is 16.0. The number of imidazole rings is 1. The van der Waals surface area contributed by atoms with Crippen LogP contribution < -0.4 is 5.62 Å². The van der Waals surface area contributed by atoms with E-state index in [4.69, 9.17) is 10.4 Å². The molecule has 0 fully saturated rings. The van der Waals surface area contributed by atoms with Crippen LogP contribution in [-0.2, 0) is 19.8 Å². The van der Waals surface area contributed by atoms with Gasteiger partial charge in [0.15, 0.2) is 17.2 Å². The van der Waals surface area contributed by atoms with Crippen LogP contribution in [0.2, 0.25) is 0 Å². The van der Waals surface area contributed by atoms with Crippen LogP contribution in [0.1, 0.15) is 36.6 Å². The van der Waals surface area contributed by atoms with Gasteiger partial charge < -0.3 is 4.57 Å². The van der Waals surface area contributed by atoms with E-state index < -0.39 is 11.9 Å². The molecule has 184 valence electrons. The number of hydrogen-bond acceptors (Lipinski definition) is 4. The molecule has 0 unspecified atom stereocenters. The van der Waals surface area contributed by atoms with Gasteiger partial charge in [0.05, 0.1) is 18.4 Å². The lowest BCUT2D eigenvalue weighted by Crippen LogP contribution is -2.23. The maximum atomic E-state index is 12.9. The maximum absolute atomic E-state index is 12.9. The molecule has 0 aliphatic rings. The van der Waals surface area contributed by atoms with Crippen molar-refractivity contribution in [3.05, 3.63) is 89.4 Å². The first-order valence-electron chi connectivity index (χ1n) is 11.4. The van der Waals surface area contributed by atoms with Gasteiger partial charge in [0.25, 0.3) is 0 Å². The fourth-order valence-electron chi connectivity index (χ4n) is 4.24. The van der Waals surface area contributed by atoms with E-state index in [0.29, 0.717) is 29.6 Å². The van der Waals surface area contributed by atoms with Crippen LogP contribution in [0.15, 0.2) is 67.0 Å². The largest absolute Gasteiger partial charge is 0.435 e. The number of rotatable bonds is 5. The quantitative estimate of drug-likeness (QED) is 0.363. The Bertz CT molecular complexity index is 1610. The molecule has 36 heavy (non-hydrogen) atoms. The molecule has 0 bridgehead atoms. The number of halogens is 3. The predicted molar refractivity (Wildman–Crippen MR) is 130 cm³/mol. The summed E-state index contributed by atoms with van der Waals surface area (Å²) in [5, 5.41) is 12.3. The van der Waals surface area contributed by atoms with Crippen molar-refractivity contribution in [3.63, 3.8) is 0 Å². The molecule has 0 radical (unpaired) electrons. The third-order valence-corrected chi connectivity index (χ3v) is 6.19. The Labute approximate surface area is 205 Å². The SMILES string of the molecule is CC(C)c1ccccc1-c1ncc2c(n1)n(Cc1ccc(-n3ccc(C(F)(F)F)n3)cc1)c(=N)n2C. The van der Waals surface area contributed by atoms with Gasteiger partial charge in [0, 0.05) is 18.8 Å². The second-order valence-electron chi connectivity index (χ2n) is 8.92. The maximum Gasteiger partial charge on any atom is 0.435 e. The lowest BCUT2D eigenvalue weighted by atomic mass is 9.97. The van der Waals surface area contributed by atoms with Crippen molar-refractivity contribution in [2.75, 3.05) is 0 Å². The summed E-state index contributed by atoms with van der Waals surface area (Å²) >= 11 is 0. The van der Waals surface area contributed by atoms with Gasteiger partial charge >= 0.3 is 6.18 Å². The topological polar surface area (TPSA) is 77.3 Å². The Hall–Kier alpha value is -4.21. The average molecular weight is 492 g/mol. The van der Waals surface area contributed by atoms with E-state index in [1.165, 1.54) is 10.9 Å². The number of benzene rings is 2. The molecule has 2 aromatic carbocycles. The van der Waals surface area contributed by atoms with Gasteiger partial charge in [-0.2, -0.15) is 18.3 Å². The molecule has 0 aliphatic heterocycles. The molecule has 0 spiro atoms. The number of hydrogen-bond donors (Lipinski definition) is 1. The average Bonchev–Trinajstić information content (AvgIpc) is 3.45. The third-order valence-electron chi connectivity index (χ3n) is 6.19. The lowest BCUT2D eigenvalue weighted by Gasteiger charge is -2.12. The number of fused-ring (bicyclic) bond motifs is 1. The number of aryl methyl sites for hydroxylation is 1. The Morgan fingerprint density at radius 2 is 1.72 bits per heavy atom. The lowest BCUT2D eigenvalue weighted by molar-refractivity contribution is -0.141. The van der Waals surface area contributed by atoms with Crippen LogP contribution in [0.3, 0.4) is 0 Å². The number of alkyl halides is 3. The van der Waals surface area contributed by atoms with Crippen molar-refractivity contribution in [2.45, 2.75) is 32.5 Å². The van der Waals surface area contributed by atoms with Gasteiger partial charge in [-0.3, -0.25) is 9.98 Å². The van der Waals surface area contributed by atoms with E-state index in [2.05, 4.69) is 30.0 Å². The summed E-state index contributed by atoms with van der Waals surface area (Å²) in [6.07, 6.45) is -1.47. The number of nitrogens with zero attached hydrogens (tertiary/aromatic N) is 6. The molecular formula is C26H24F3N7. The molecule has 0 amide bonds. The van der Waals surface area contributed by atoms with Crippen molar-refractivity contribution in [1.29, 1.82) is 5.41 Å². The van der Waals surface area contributed by atoms with Crippen LogP contribution in [-0.4, -0.2) is 28.9 Å². The minimum Gasteiger partial charge on any atom is -0.311 e. The zero-order valence-corrected chi connectivity index (χ0v) is 20.0. The molecule has 3 heterocycles. The highest BCUT2D eigenvalue weighted by Gasteiger charge is 2.33. The first-order valence-corrected chi connectivity index (χ1v) is 11.4. The summed E-state index contributed by atoms with van der Waals surface area (Å²) in [4.78, 5) is 9.44. The number of nitrogens with one attached hydrogen (secondary N) is 1. The van der Waals surface area contributed by atoms with Crippen molar-refractivity contribution in [3.8, 4) is 17.1 Å². The van der Waals surface area contributed by atoms with Gasteiger partial charge in [-0.15, -0.1) is 0 Å². The molecular weight excluding hydrogens is 467 g/mol. The highest BCUT2D eigenvalue weighted by molar-refractivity contribution is 5.74. The molecule has 7 nitrogen and oxygen atoms in total. The summed E-state index contributed by atoms with van der Waals surface area (Å²) in [5.41, 5.74) is 4.18. The minimum absolute atomic E-state index is 0.263. The summed E-state index contributed by atoms with van der Waals surface area (Å²) in [5.74, 6) is 0.899. The van der Waals surface area contributed by atoms with Crippen molar-refractivity contribution in [1.82, 2.24) is 28.9 Å². The van der Waals surface area contributed by atoms with Crippen molar-refractivity contribution < 1.29 is 13.2 Å². The molecule has 5 aromatic rings. The Kier molecular flexibility index (Phi) is 5.74. The molecule has 1 N–H and O–H groups in total. The fourth-order valence-corrected chi connectivity index (χ4v) is 4.24. The molecule has 0 aliphatic carbocycles. The Morgan fingerprint density at radius 3 is 2.39 bits per heavy atom. The molecule has 0 atom stereocenters. The third kappa shape index (κ3) is 4.19. The van der Waals surface area contributed by atoms with E-state index in [0.717, 1.165) is 28.3 Å². The fraction of sp³-hybridized carbons (Fsp3) is 0.231. The van der Waals surface area contributed by atoms with Gasteiger partial charge in [-0.05, 0) is 35.2 Å². The Morgan fingerprint density at radius 1 is 1.00 bits per heavy atom. The molecule has 0 saturated heterocycles. The number of aromatic nitrogens is 6. The smallest absolute Gasteiger partial charge is 0.311 e. The van der Waals surface area contributed by atoms with E-state index in [1.807, 2.05) is 30.3 Å². The summed E-state index contributed by atoms with van der Waals surface area (Å²) < 4.78 is 43.4. The van der Waals surface area contributed by atoms with Gasteiger partial charge in [0.1, 0.15) is 5.52 Å². The minimum atomic E-state index is -4.49. The van der Waals surface area contributed by atoms with E-state index in [-0.39, 0.29) is 5.62 Å². The van der Waals surface area contributed by atoms with Crippen LogP contribution in [0.4, 0.5) is 13.2 Å². The second-order valence-corrected chi connectivity index (χ2v) is 8.92. The van der Waals surface area contributed by atoms with E-state index in [1.54, 1.807) is 34.5 Å². The Balaban J connectivity index is 1.50. The second kappa shape index (κ2) is 8.78. The van der Waals surface area contributed by atoms with Crippen molar-refractivity contribution in [2.24, 2.45) is 7.05 Å². The van der Waals surface area contributed by atoms with Crippen LogP contribution >= 0.6 is 0 Å². The summed E-state index contributed by atoms with van der Waals surface area (Å²) in [6.45, 7) is 4.61. The zero-order valence-electron chi connectivity index (χ0n) is 20.0. The first-order chi connectivity index (χ1) is 17.1. The van der Waals surface area contributed by atoms with E-state index >= 15 is 0 Å². The van der Waals surface area contributed by atoms with Gasteiger partial charge in [-0.1, -0.05) is 50.2 Å². The van der Waals surface area contributed by atoms with E-state index in [9.17, 15) is 13.2 Å². The van der Waals surface area contributed by atoms with Gasteiger partial charge in [-0.25, -0.2) is 14.6 Å². The molecule has 5 rings (SSSR count). The normalized spacial score (nSPS) is 12.1. The first kappa shape index (κ1) is 23.5. The molecule has 10 heteroatoms. The highest BCUT2D eigenvalue weighted by Crippen LogP contribution is 2.29. The monoisotopic (exact) mass is 491 g/mol. The molecule has 3 aromatic heterocycles. The van der Waals surface area contributed by atoms with Crippen LogP contribution in [0.5, 0.6) is 0 Å². The van der Waals surface area contributed by atoms with Crippen LogP contribution in [0, 0.1) is 5.41 Å². The molecule has 0 saturated carbocycles. The van der Waals surface area contributed by atoms with Crippen LogP contribution in [0.25, 0.3) is 28.2 Å².